The van der Waals surface area contributed by atoms with E-state index in [1.165, 1.54) is 7.05 Å². The summed E-state index contributed by atoms with van der Waals surface area (Å²) in [6.45, 7) is -0.0119. The lowest BCUT2D eigenvalue weighted by Gasteiger charge is -2.23. The van der Waals surface area contributed by atoms with Gasteiger partial charge in [-0.05, 0) is 30.2 Å². The van der Waals surface area contributed by atoms with E-state index < -0.39 is 59.4 Å². The fraction of sp³-hybridized carbons (Fsp3) is 0.500. The van der Waals surface area contributed by atoms with Crippen molar-refractivity contribution >= 4 is 11.8 Å². The Kier molecular flexibility index (Phi) is 5.74. The third-order valence-corrected chi connectivity index (χ3v) is 4.21. The van der Waals surface area contributed by atoms with E-state index in [4.69, 9.17) is 5.73 Å². The summed E-state index contributed by atoms with van der Waals surface area (Å²) in [6, 6.07) is -0.433. The molecule has 0 radical (unpaired) electrons. The minimum atomic E-state index is -5.00. The zero-order valence-corrected chi connectivity index (χ0v) is 14.1. The predicted octanol–water partition coefficient (Wildman–Crippen LogP) is 1.94. The Morgan fingerprint density at radius 2 is 1.63 bits per heavy atom. The van der Waals surface area contributed by atoms with Gasteiger partial charge in [-0.2, -0.15) is 26.3 Å². The number of hydrogen-bond donors (Lipinski definition) is 2. The molecule has 1 heterocycles. The quantitative estimate of drug-likeness (QED) is 0.766. The highest BCUT2D eigenvalue weighted by atomic mass is 19.4. The molecule has 0 aliphatic carbocycles. The van der Waals surface area contributed by atoms with Crippen molar-refractivity contribution in [2.75, 3.05) is 13.6 Å². The fourth-order valence-electron chi connectivity index (χ4n) is 2.96. The molecule has 3 N–H and O–H groups in total. The molecule has 2 atom stereocenters. The average molecular weight is 397 g/mol. The molecule has 1 aromatic carbocycles. The molecule has 0 bridgehead atoms. The van der Waals surface area contributed by atoms with Gasteiger partial charge < -0.3 is 16.0 Å². The second kappa shape index (κ2) is 7.37. The number of alkyl halides is 6. The van der Waals surface area contributed by atoms with Gasteiger partial charge in [0.2, 0.25) is 11.8 Å². The van der Waals surface area contributed by atoms with E-state index in [1.807, 2.05) is 0 Å². The summed E-state index contributed by atoms with van der Waals surface area (Å²) in [5, 5.41) is 2.35. The lowest BCUT2D eigenvalue weighted by atomic mass is 10.0. The Morgan fingerprint density at radius 1 is 1.11 bits per heavy atom. The third kappa shape index (κ3) is 4.90. The minimum absolute atomic E-state index is 0.00687. The number of halogens is 6. The van der Waals surface area contributed by atoms with Crippen molar-refractivity contribution in [2.24, 2.45) is 5.73 Å². The molecular weight excluding hydrogens is 380 g/mol. The highest BCUT2D eigenvalue weighted by Crippen LogP contribution is 2.36. The molecule has 0 saturated carbocycles. The van der Waals surface area contributed by atoms with E-state index in [0.717, 1.165) is 4.90 Å². The molecule has 2 rings (SSSR count). The maximum absolute atomic E-state index is 12.9. The lowest BCUT2D eigenvalue weighted by molar-refractivity contribution is -0.143. The molecular formula is C16H17F6N3O2. The predicted molar refractivity (Wildman–Crippen MR) is 82.3 cm³/mol. The van der Waals surface area contributed by atoms with Crippen LogP contribution in [0.1, 0.15) is 23.1 Å². The number of nitrogens with one attached hydrogen (secondary N) is 1. The molecule has 27 heavy (non-hydrogen) atoms. The molecule has 0 aromatic heterocycles. The van der Waals surface area contributed by atoms with Crippen LogP contribution in [0.5, 0.6) is 0 Å². The Balaban J connectivity index is 2.33. The summed E-state index contributed by atoms with van der Waals surface area (Å²) >= 11 is 0. The highest BCUT2D eigenvalue weighted by molar-refractivity contribution is 5.89. The first-order chi connectivity index (χ1) is 12.3. The van der Waals surface area contributed by atoms with E-state index in [2.05, 4.69) is 5.32 Å². The number of rotatable bonds is 3. The van der Waals surface area contributed by atoms with Crippen LogP contribution < -0.4 is 11.1 Å². The van der Waals surface area contributed by atoms with Crippen LogP contribution in [-0.4, -0.2) is 42.4 Å². The molecule has 1 aliphatic heterocycles. The van der Waals surface area contributed by atoms with E-state index in [0.29, 0.717) is 12.1 Å². The smallest absolute Gasteiger partial charge is 0.357 e. The number of likely N-dealkylation sites (tertiary alicyclic amines) is 1. The van der Waals surface area contributed by atoms with Gasteiger partial charge in [-0.1, -0.05) is 0 Å². The molecule has 1 aliphatic rings. The summed E-state index contributed by atoms with van der Waals surface area (Å²) in [6.07, 6.45) is -10.6. The Bertz CT molecular complexity index is 700. The molecule has 0 spiro atoms. The van der Waals surface area contributed by atoms with Crippen LogP contribution in [-0.2, 0) is 28.4 Å². The number of nitrogens with zero attached hydrogens (tertiary/aromatic N) is 1. The molecule has 1 aromatic rings. The first-order valence-electron chi connectivity index (χ1n) is 7.88. The number of amides is 2. The molecule has 150 valence electrons. The van der Waals surface area contributed by atoms with E-state index >= 15 is 0 Å². The van der Waals surface area contributed by atoms with Crippen molar-refractivity contribution in [1.82, 2.24) is 10.2 Å². The van der Waals surface area contributed by atoms with Gasteiger partial charge in [-0.3, -0.25) is 9.59 Å². The fourth-order valence-corrected chi connectivity index (χ4v) is 2.96. The minimum Gasteiger partial charge on any atom is -0.357 e. The van der Waals surface area contributed by atoms with Gasteiger partial charge >= 0.3 is 12.4 Å². The Hall–Kier alpha value is -2.30. The number of carbonyl (C=O) groups excluding carboxylic acids is 2. The van der Waals surface area contributed by atoms with Gasteiger partial charge in [0.25, 0.3) is 0 Å². The largest absolute Gasteiger partial charge is 0.416 e. The summed E-state index contributed by atoms with van der Waals surface area (Å²) in [7, 11) is 1.34. The van der Waals surface area contributed by atoms with E-state index in [1.54, 1.807) is 0 Å². The van der Waals surface area contributed by atoms with Gasteiger partial charge in [-0.25, -0.2) is 0 Å². The number of nitrogens with two attached hydrogens (primary N) is 1. The van der Waals surface area contributed by atoms with Gasteiger partial charge in [0.05, 0.1) is 17.5 Å². The maximum atomic E-state index is 12.9. The van der Waals surface area contributed by atoms with E-state index in [-0.39, 0.29) is 19.0 Å². The average Bonchev–Trinajstić information content (AvgIpc) is 2.94. The van der Waals surface area contributed by atoms with Crippen molar-refractivity contribution in [3.63, 3.8) is 0 Å². The van der Waals surface area contributed by atoms with Crippen LogP contribution in [0.25, 0.3) is 0 Å². The number of benzene rings is 1. The van der Waals surface area contributed by atoms with Crippen molar-refractivity contribution in [2.45, 2.75) is 37.3 Å². The molecule has 11 heteroatoms. The van der Waals surface area contributed by atoms with Crippen molar-refractivity contribution in [1.29, 1.82) is 0 Å². The first kappa shape index (κ1) is 21.0. The third-order valence-electron chi connectivity index (χ3n) is 4.21. The van der Waals surface area contributed by atoms with Crippen LogP contribution >= 0.6 is 0 Å². The summed E-state index contributed by atoms with van der Waals surface area (Å²) < 4.78 is 77.4. The molecule has 0 unspecified atom stereocenters. The monoisotopic (exact) mass is 397 g/mol. The maximum Gasteiger partial charge on any atom is 0.416 e. The Morgan fingerprint density at radius 3 is 2.07 bits per heavy atom. The zero-order chi connectivity index (χ0) is 20.6. The van der Waals surface area contributed by atoms with E-state index in [9.17, 15) is 35.9 Å². The van der Waals surface area contributed by atoms with Gasteiger partial charge in [0.1, 0.15) is 6.04 Å². The molecule has 1 saturated heterocycles. The topological polar surface area (TPSA) is 75.4 Å². The standard InChI is InChI=1S/C16H17F6N3O2/c1-24-14(27)12-6-11(23)7-25(12)13(26)4-8-2-9(15(17,18)19)5-10(3-8)16(20,21)22/h2-3,5,11-12H,4,6-7,23H2,1H3,(H,24,27)/t11-,12-/m0/s1. The van der Waals surface area contributed by atoms with Crippen molar-refractivity contribution in [3.8, 4) is 0 Å². The normalized spacial score (nSPS) is 20.7. The lowest BCUT2D eigenvalue weighted by Crippen LogP contribution is -2.45. The summed E-state index contributed by atoms with van der Waals surface area (Å²) in [5.74, 6) is -1.28. The second-order valence-corrected chi connectivity index (χ2v) is 6.26. The highest BCUT2D eigenvalue weighted by Gasteiger charge is 2.39. The van der Waals surface area contributed by atoms with Gasteiger partial charge in [0.15, 0.2) is 0 Å². The molecule has 5 nitrogen and oxygen atoms in total. The van der Waals surface area contributed by atoms with Crippen LogP contribution in [0.4, 0.5) is 26.3 Å². The van der Waals surface area contributed by atoms with Crippen LogP contribution in [0.15, 0.2) is 18.2 Å². The zero-order valence-electron chi connectivity index (χ0n) is 14.1. The Labute approximate surface area is 150 Å². The first-order valence-corrected chi connectivity index (χ1v) is 7.88. The number of carbonyl (C=O) groups is 2. The molecule has 2 amide bonds. The van der Waals surface area contributed by atoms with Crippen LogP contribution in [0, 0.1) is 0 Å². The molecule has 1 fully saturated rings. The number of hydrogen-bond acceptors (Lipinski definition) is 3. The second-order valence-electron chi connectivity index (χ2n) is 6.26. The van der Waals surface area contributed by atoms with Crippen molar-refractivity contribution in [3.05, 3.63) is 34.9 Å². The summed E-state index contributed by atoms with van der Waals surface area (Å²) in [5.41, 5.74) is 2.29. The SMILES string of the molecule is CNC(=O)[C@@H]1C[C@H](N)CN1C(=O)Cc1cc(C(F)(F)F)cc(C(F)(F)F)c1. The van der Waals surface area contributed by atoms with Crippen molar-refractivity contribution < 1.29 is 35.9 Å². The van der Waals surface area contributed by atoms with Crippen LogP contribution in [0.2, 0.25) is 0 Å². The van der Waals surface area contributed by atoms with Gasteiger partial charge in [0, 0.05) is 19.6 Å². The summed E-state index contributed by atoms with van der Waals surface area (Å²) in [4.78, 5) is 25.4. The van der Waals surface area contributed by atoms with Gasteiger partial charge in [-0.15, -0.1) is 0 Å². The van der Waals surface area contributed by atoms with Crippen LogP contribution in [0.3, 0.4) is 0 Å². The number of likely N-dealkylation sites (N-methyl/N-ethyl adjacent to an activating group) is 1.